The van der Waals surface area contributed by atoms with Crippen molar-refractivity contribution in [3.05, 3.63) is 53.1 Å². The third-order valence-electron chi connectivity index (χ3n) is 3.54. The van der Waals surface area contributed by atoms with Crippen LogP contribution >= 0.6 is 0 Å². The molecule has 0 aliphatic carbocycles. The fourth-order valence-electron chi connectivity index (χ4n) is 2.15. The van der Waals surface area contributed by atoms with E-state index in [9.17, 15) is 9.59 Å². The molecule has 1 amide bonds. The van der Waals surface area contributed by atoms with Crippen LogP contribution in [0.3, 0.4) is 0 Å². The Kier molecular flexibility index (Phi) is 3.70. The molecule has 2 N–H and O–H groups in total. The van der Waals surface area contributed by atoms with E-state index in [4.69, 9.17) is 5.73 Å². The van der Waals surface area contributed by atoms with Gasteiger partial charge in [0, 0.05) is 30.1 Å². The molecular formula is C15H18N3O2+. The second-order valence-electron chi connectivity index (χ2n) is 4.90. The number of carbonyl (C=O) groups excluding carboxylic acids is 2. The molecule has 104 valence electrons. The van der Waals surface area contributed by atoms with Crippen LogP contribution in [0.4, 0.5) is 0 Å². The quantitative estimate of drug-likeness (QED) is 0.664. The number of ketones is 1. The molecule has 0 bridgehead atoms. The molecule has 0 fully saturated rings. The van der Waals surface area contributed by atoms with E-state index in [1.165, 1.54) is 0 Å². The van der Waals surface area contributed by atoms with E-state index < -0.39 is 5.91 Å². The maximum absolute atomic E-state index is 12.3. The number of Topliss-reactive ketones (excluding diaryl/α,β-unsaturated/α-hetero) is 1. The molecule has 2 aromatic rings. The van der Waals surface area contributed by atoms with Gasteiger partial charge in [-0.25, -0.2) is 0 Å². The van der Waals surface area contributed by atoms with Crippen LogP contribution in [-0.4, -0.2) is 16.3 Å². The number of hydrogen-bond acceptors (Lipinski definition) is 2. The molecule has 0 aliphatic heterocycles. The van der Waals surface area contributed by atoms with E-state index in [1.54, 1.807) is 29.1 Å². The first kappa shape index (κ1) is 14.0. The van der Waals surface area contributed by atoms with Crippen LogP contribution < -0.4 is 10.3 Å². The van der Waals surface area contributed by atoms with Gasteiger partial charge in [0.25, 0.3) is 5.91 Å². The smallest absolute Gasteiger partial charge is 0.254 e. The van der Waals surface area contributed by atoms with Crippen LogP contribution in [0.2, 0.25) is 0 Å². The lowest BCUT2D eigenvalue weighted by Crippen LogP contribution is -2.38. The average molecular weight is 272 g/mol. The van der Waals surface area contributed by atoms with E-state index in [2.05, 4.69) is 0 Å². The monoisotopic (exact) mass is 272 g/mol. The minimum Gasteiger partial charge on any atom is -0.365 e. The highest BCUT2D eigenvalue weighted by Crippen LogP contribution is 2.13. The van der Waals surface area contributed by atoms with Crippen LogP contribution in [-0.2, 0) is 13.6 Å². The topological polar surface area (TPSA) is 69.0 Å². The molecule has 2 rings (SSSR count). The van der Waals surface area contributed by atoms with Crippen molar-refractivity contribution in [3.63, 3.8) is 0 Å². The van der Waals surface area contributed by atoms with Gasteiger partial charge < -0.3 is 10.3 Å². The number of carbonyl (C=O) groups is 2. The largest absolute Gasteiger partial charge is 0.365 e. The number of amides is 1. The molecule has 0 unspecified atom stereocenters. The van der Waals surface area contributed by atoms with Crippen molar-refractivity contribution in [1.82, 2.24) is 4.57 Å². The maximum atomic E-state index is 12.3. The Morgan fingerprint density at radius 1 is 1.35 bits per heavy atom. The highest BCUT2D eigenvalue weighted by molar-refractivity contribution is 5.96. The molecule has 0 aliphatic rings. The predicted octanol–water partition coefficient (Wildman–Crippen LogP) is 0.911. The van der Waals surface area contributed by atoms with Crippen molar-refractivity contribution in [3.8, 4) is 0 Å². The summed E-state index contributed by atoms with van der Waals surface area (Å²) in [5, 5.41) is 0. The summed E-state index contributed by atoms with van der Waals surface area (Å²) >= 11 is 0. The van der Waals surface area contributed by atoms with Crippen molar-refractivity contribution in [2.45, 2.75) is 20.4 Å². The standard InChI is InChI=1S/C15H17N3O2/c1-10-7-13(11(2)17(10)3)14(19)9-18-6-4-5-12(8-18)15(16)20/h4-8H,9H2,1-3H3,(H-,16,20)/p+1. The summed E-state index contributed by atoms with van der Waals surface area (Å²) in [5.41, 5.74) is 8.32. The Balaban J connectivity index is 2.25. The zero-order valence-electron chi connectivity index (χ0n) is 11.9. The Hall–Kier alpha value is -2.43. The first-order chi connectivity index (χ1) is 9.40. The molecule has 0 atom stereocenters. The minimum atomic E-state index is -0.501. The summed E-state index contributed by atoms with van der Waals surface area (Å²) in [6, 6.07) is 5.22. The normalized spacial score (nSPS) is 10.6. The van der Waals surface area contributed by atoms with Crippen LogP contribution in [0, 0.1) is 13.8 Å². The Bertz CT molecular complexity index is 686. The number of aryl methyl sites for hydroxylation is 1. The molecule has 2 aromatic heterocycles. The van der Waals surface area contributed by atoms with Gasteiger partial charge in [0.2, 0.25) is 12.3 Å². The van der Waals surface area contributed by atoms with Crippen molar-refractivity contribution in [2.75, 3.05) is 0 Å². The summed E-state index contributed by atoms with van der Waals surface area (Å²) in [6.45, 7) is 4.07. The Labute approximate surface area is 117 Å². The molecule has 20 heavy (non-hydrogen) atoms. The zero-order chi connectivity index (χ0) is 14.9. The number of pyridine rings is 1. The molecular weight excluding hydrogens is 254 g/mol. The van der Waals surface area contributed by atoms with Gasteiger partial charge in [0.1, 0.15) is 5.56 Å². The van der Waals surface area contributed by atoms with E-state index in [1.807, 2.05) is 31.5 Å². The van der Waals surface area contributed by atoms with Crippen molar-refractivity contribution in [2.24, 2.45) is 12.8 Å². The van der Waals surface area contributed by atoms with Gasteiger partial charge in [-0.05, 0) is 26.0 Å². The fraction of sp³-hybridized carbons (Fsp3) is 0.267. The van der Waals surface area contributed by atoms with E-state index >= 15 is 0 Å². The molecule has 5 heteroatoms. The lowest BCUT2D eigenvalue weighted by atomic mass is 10.1. The number of nitrogens with zero attached hydrogens (tertiary/aromatic N) is 2. The molecule has 0 saturated carbocycles. The van der Waals surface area contributed by atoms with Gasteiger partial charge in [-0.3, -0.25) is 9.59 Å². The van der Waals surface area contributed by atoms with Gasteiger partial charge in [0.05, 0.1) is 0 Å². The third kappa shape index (κ3) is 2.61. The number of aromatic nitrogens is 2. The maximum Gasteiger partial charge on any atom is 0.254 e. The molecule has 0 saturated heterocycles. The van der Waals surface area contributed by atoms with Crippen LogP contribution in [0.25, 0.3) is 0 Å². The van der Waals surface area contributed by atoms with E-state index in [0.29, 0.717) is 11.1 Å². The summed E-state index contributed by atoms with van der Waals surface area (Å²) < 4.78 is 3.65. The van der Waals surface area contributed by atoms with Gasteiger partial charge in [-0.2, -0.15) is 4.57 Å². The molecule has 0 spiro atoms. The third-order valence-corrected chi connectivity index (χ3v) is 3.54. The molecule has 0 radical (unpaired) electrons. The van der Waals surface area contributed by atoms with Gasteiger partial charge in [0.15, 0.2) is 12.4 Å². The van der Waals surface area contributed by atoms with Gasteiger partial charge in [-0.15, -0.1) is 0 Å². The van der Waals surface area contributed by atoms with Crippen LogP contribution in [0.1, 0.15) is 32.1 Å². The summed E-state index contributed by atoms with van der Waals surface area (Å²) in [5.74, 6) is -0.489. The number of rotatable bonds is 4. The first-order valence-electron chi connectivity index (χ1n) is 6.35. The minimum absolute atomic E-state index is 0.0119. The van der Waals surface area contributed by atoms with E-state index in [0.717, 1.165) is 11.4 Å². The average Bonchev–Trinajstić information content (AvgIpc) is 2.67. The first-order valence-corrected chi connectivity index (χ1v) is 6.35. The lowest BCUT2D eigenvalue weighted by molar-refractivity contribution is -0.683. The van der Waals surface area contributed by atoms with Gasteiger partial charge >= 0.3 is 0 Å². The van der Waals surface area contributed by atoms with E-state index in [-0.39, 0.29) is 12.3 Å². The van der Waals surface area contributed by atoms with Crippen LogP contribution in [0.15, 0.2) is 30.6 Å². The summed E-state index contributed by atoms with van der Waals surface area (Å²) in [7, 11) is 1.93. The summed E-state index contributed by atoms with van der Waals surface area (Å²) in [4.78, 5) is 23.5. The van der Waals surface area contributed by atoms with Crippen molar-refractivity contribution in [1.29, 1.82) is 0 Å². The zero-order valence-corrected chi connectivity index (χ0v) is 11.9. The van der Waals surface area contributed by atoms with Crippen molar-refractivity contribution < 1.29 is 14.2 Å². The second-order valence-corrected chi connectivity index (χ2v) is 4.90. The lowest BCUT2D eigenvalue weighted by Gasteiger charge is -2.01. The van der Waals surface area contributed by atoms with Crippen molar-refractivity contribution >= 4 is 11.7 Å². The second kappa shape index (κ2) is 5.28. The number of primary amides is 1. The molecule has 0 aromatic carbocycles. The number of nitrogens with two attached hydrogens (primary N) is 1. The summed E-state index contributed by atoms with van der Waals surface area (Å²) in [6.07, 6.45) is 3.33. The highest BCUT2D eigenvalue weighted by atomic mass is 16.1. The Morgan fingerprint density at radius 2 is 2.05 bits per heavy atom. The highest BCUT2D eigenvalue weighted by Gasteiger charge is 2.18. The van der Waals surface area contributed by atoms with Crippen LogP contribution in [0.5, 0.6) is 0 Å². The Morgan fingerprint density at radius 3 is 2.60 bits per heavy atom. The molecule has 2 heterocycles. The fourth-order valence-corrected chi connectivity index (χ4v) is 2.15. The number of hydrogen-bond donors (Lipinski definition) is 1. The van der Waals surface area contributed by atoms with Gasteiger partial charge in [-0.1, -0.05) is 0 Å². The predicted molar refractivity (Wildman–Crippen MR) is 74.4 cm³/mol. The SMILES string of the molecule is Cc1cc(C(=O)C[n+]2cccc(C(N)=O)c2)c(C)n1C. The molecule has 5 nitrogen and oxygen atoms in total.